The quantitative estimate of drug-likeness (QED) is 0.810. The van der Waals surface area contributed by atoms with E-state index < -0.39 is 0 Å². The van der Waals surface area contributed by atoms with Crippen LogP contribution in [0.25, 0.3) is 0 Å². The zero-order valence-corrected chi connectivity index (χ0v) is 13.8. The van der Waals surface area contributed by atoms with Crippen molar-refractivity contribution in [3.8, 4) is 0 Å². The summed E-state index contributed by atoms with van der Waals surface area (Å²) in [6, 6.07) is 12.0. The predicted octanol–water partition coefficient (Wildman–Crippen LogP) is 4.66. The molecule has 3 nitrogen and oxygen atoms in total. The molecule has 0 bridgehead atoms. The van der Waals surface area contributed by atoms with Gasteiger partial charge >= 0.3 is 0 Å². The molecule has 1 N–H and O–H groups in total. The van der Waals surface area contributed by atoms with Crippen molar-refractivity contribution < 1.29 is 0 Å². The smallest absolute Gasteiger partial charge is 0.173 e. The van der Waals surface area contributed by atoms with Crippen LogP contribution in [0.15, 0.2) is 48.8 Å². The molecule has 114 valence electrons. The topological polar surface area (TPSA) is 28.2 Å². The monoisotopic (exact) mass is 331 g/mol. The second kappa shape index (κ2) is 7.07. The van der Waals surface area contributed by atoms with Gasteiger partial charge in [0.05, 0.1) is 16.8 Å². The van der Waals surface area contributed by atoms with Crippen molar-refractivity contribution in [1.29, 1.82) is 0 Å². The lowest BCUT2D eigenvalue weighted by molar-refractivity contribution is 0.248. The third-order valence-corrected chi connectivity index (χ3v) is 4.61. The van der Waals surface area contributed by atoms with E-state index >= 15 is 0 Å². The Morgan fingerprint density at radius 2 is 2.09 bits per heavy atom. The van der Waals surface area contributed by atoms with Crippen LogP contribution in [-0.4, -0.2) is 21.5 Å². The molecule has 1 aliphatic heterocycles. The summed E-state index contributed by atoms with van der Waals surface area (Å²) >= 11 is 11.8. The summed E-state index contributed by atoms with van der Waals surface area (Å²) in [5, 5.41) is 4.69. The standard InChI is InChI=1S/C17H18ClN3S/c18-14-7-1-2-8-15(14)20-17(22)21-11-4-3-9-16(21)13-6-5-10-19-12-13/h1-2,5-8,10,12,16H,3-4,9,11H2,(H,20,22)/t16-/m0/s1. The number of rotatable bonds is 2. The molecule has 0 radical (unpaired) electrons. The first-order valence-corrected chi connectivity index (χ1v) is 8.26. The van der Waals surface area contributed by atoms with Gasteiger partial charge in [-0.25, -0.2) is 0 Å². The SMILES string of the molecule is S=C(Nc1ccccc1Cl)N1CCCC[C@H]1c1cccnc1. The second-order valence-corrected chi connectivity index (χ2v) is 6.20. The van der Waals surface area contributed by atoms with Crippen molar-refractivity contribution in [2.45, 2.75) is 25.3 Å². The van der Waals surface area contributed by atoms with Crippen LogP contribution in [0.5, 0.6) is 0 Å². The number of piperidine rings is 1. The summed E-state index contributed by atoms with van der Waals surface area (Å²) in [6.07, 6.45) is 7.19. The normalized spacial score (nSPS) is 18.0. The van der Waals surface area contributed by atoms with Gasteiger partial charge in [0.2, 0.25) is 0 Å². The van der Waals surface area contributed by atoms with E-state index in [1.807, 2.05) is 36.5 Å². The van der Waals surface area contributed by atoms with Gasteiger partial charge in [-0.2, -0.15) is 0 Å². The Morgan fingerprint density at radius 3 is 2.86 bits per heavy atom. The fourth-order valence-corrected chi connectivity index (χ4v) is 3.36. The molecule has 0 spiro atoms. The number of thiocarbonyl (C=S) groups is 1. The number of benzene rings is 1. The van der Waals surface area contributed by atoms with Crippen molar-refractivity contribution in [2.75, 3.05) is 11.9 Å². The number of nitrogens with zero attached hydrogens (tertiary/aromatic N) is 2. The van der Waals surface area contributed by atoms with E-state index in [4.69, 9.17) is 23.8 Å². The number of aromatic nitrogens is 1. The molecule has 1 aliphatic rings. The molecule has 3 rings (SSSR count). The number of hydrogen-bond acceptors (Lipinski definition) is 2. The largest absolute Gasteiger partial charge is 0.342 e. The minimum absolute atomic E-state index is 0.282. The Bertz CT molecular complexity index is 647. The van der Waals surface area contributed by atoms with Gasteiger partial charge in [0, 0.05) is 18.9 Å². The summed E-state index contributed by atoms with van der Waals surface area (Å²) in [5.41, 5.74) is 2.06. The summed E-state index contributed by atoms with van der Waals surface area (Å²) in [5.74, 6) is 0. The average Bonchev–Trinajstić information content (AvgIpc) is 2.58. The zero-order valence-electron chi connectivity index (χ0n) is 12.2. The Balaban J connectivity index is 1.79. The predicted molar refractivity (Wildman–Crippen MR) is 95.2 cm³/mol. The number of para-hydroxylation sites is 1. The molecular formula is C17H18ClN3S. The first-order chi connectivity index (χ1) is 10.8. The van der Waals surface area contributed by atoms with E-state index in [2.05, 4.69) is 21.3 Å². The Labute approximate surface area is 141 Å². The van der Waals surface area contributed by atoms with Gasteiger partial charge in [-0.1, -0.05) is 29.8 Å². The molecule has 22 heavy (non-hydrogen) atoms. The van der Waals surface area contributed by atoms with Crippen LogP contribution < -0.4 is 5.32 Å². The molecule has 2 aromatic rings. The lowest BCUT2D eigenvalue weighted by Gasteiger charge is -2.37. The zero-order chi connectivity index (χ0) is 15.4. The maximum absolute atomic E-state index is 6.21. The van der Waals surface area contributed by atoms with E-state index in [0.29, 0.717) is 5.02 Å². The van der Waals surface area contributed by atoms with Gasteiger partial charge in [-0.3, -0.25) is 4.98 Å². The van der Waals surface area contributed by atoms with Gasteiger partial charge in [0.1, 0.15) is 0 Å². The first kappa shape index (κ1) is 15.3. The highest BCUT2D eigenvalue weighted by Crippen LogP contribution is 2.31. The number of nitrogens with one attached hydrogen (secondary N) is 1. The first-order valence-electron chi connectivity index (χ1n) is 7.48. The van der Waals surface area contributed by atoms with Gasteiger partial charge < -0.3 is 10.2 Å². The van der Waals surface area contributed by atoms with E-state index in [0.717, 1.165) is 30.2 Å². The maximum atomic E-state index is 6.21. The van der Waals surface area contributed by atoms with Crippen LogP contribution >= 0.6 is 23.8 Å². The molecule has 0 amide bonds. The van der Waals surface area contributed by atoms with Gasteiger partial charge in [-0.15, -0.1) is 0 Å². The Kier molecular flexibility index (Phi) is 4.90. The average molecular weight is 332 g/mol. The summed E-state index contributed by atoms with van der Waals surface area (Å²) in [4.78, 5) is 6.49. The van der Waals surface area contributed by atoms with E-state index in [1.54, 1.807) is 6.20 Å². The molecule has 1 aromatic heterocycles. The third-order valence-electron chi connectivity index (χ3n) is 3.95. The molecule has 0 unspecified atom stereocenters. The van der Waals surface area contributed by atoms with Gasteiger partial charge in [-0.05, 0) is 55.2 Å². The molecule has 1 atom stereocenters. The van der Waals surface area contributed by atoms with Crippen LogP contribution in [0.4, 0.5) is 5.69 Å². The van der Waals surface area contributed by atoms with Gasteiger partial charge in [0.15, 0.2) is 5.11 Å². The molecule has 1 aromatic carbocycles. The van der Waals surface area contributed by atoms with Gasteiger partial charge in [0.25, 0.3) is 0 Å². The van der Waals surface area contributed by atoms with E-state index in [9.17, 15) is 0 Å². The minimum Gasteiger partial charge on any atom is -0.342 e. The van der Waals surface area contributed by atoms with Crippen molar-refractivity contribution in [2.24, 2.45) is 0 Å². The van der Waals surface area contributed by atoms with Crippen LogP contribution in [-0.2, 0) is 0 Å². The van der Waals surface area contributed by atoms with Crippen molar-refractivity contribution in [1.82, 2.24) is 9.88 Å². The fraction of sp³-hybridized carbons (Fsp3) is 0.294. The second-order valence-electron chi connectivity index (χ2n) is 5.40. The van der Waals surface area contributed by atoms with Crippen LogP contribution in [0.2, 0.25) is 5.02 Å². The fourth-order valence-electron chi connectivity index (χ4n) is 2.84. The Hall–Kier alpha value is -1.65. The maximum Gasteiger partial charge on any atom is 0.173 e. The van der Waals surface area contributed by atoms with Crippen molar-refractivity contribution >= 4 is 34.6 Å². The highest BCUT2D eigenvalue weighted by Gasteiger charge is 2.26. The highest BCUT2D eigenvalue weighted by molar-refractivity contribution is 7.80. The molecular weight excluding hydrogens is 314 g/mol. The number of pyridine rings is 1. The molecule has 0 aliphatic carbocycles. The van der Waals surface area contributed by atoms with E-state index in [1.165, 1.54) is 12.0 Å². The van der Waals surface area contributed by atoms with E-state index in [-0.39, 0.29) is 6.04 Å². The lowest BCUT2D eigenvalue weighted by Crippen LogP contribution is -2.41. The number of likely N-dealkylation sites (tertiary alicyclic amines) is 1. The number of halogens is 1. The summed E-state index contributed by atoms with van der Waals surface area (Å²) in [6.45, 7) is 0.954. The lowest BCUT2D eigenvalue weighted by atomic mass is 9.97. The molecule has 0 saturated carbocycles. The summed E-state index contributed by atoms with van der Waals surface area (Å²) in [7, 11) is 0. The number of anilines is 1. The Morgan fingerprint density at radius 1 is 1.23 bits per heavy atom. The summed E-state index contributed by atoms with van der Waals surface area (Å²) < 4.78 is 0. The molecule has 1 saturated heterocycles. The molecule has 2 heterocycles. The van der Waals surface area contributed by atoms with Crippen LogP contribution in [0.3, 0.4) is 0 Å². The highest BCUT2D eigenvalue weighted by atomic mass is 35.5. The van der Waals surface area contributed by atoms with Crippen molar-refractivity contribution in [3.05, 3.63) is 59.4 Å². The molecule has 5 heteroatoms. The van der Waals surface area contributed by atoms with Crippen LogP contribution in [0, 0.1) is 0 Å². The van der Waals surface area contributed by atoms with Crippen LogP contribution in [0.1, 0.15) is 30.9 Å². The third kappa shape index (κ3) is 3.39. The van der Waals surface area contributed by atoms with Crippen molar-refractivity contribution in [3.63, 3.8) is 0 Å². The molecule has 1 fully saturated rings. The minimum atomic E-state index is 0.282. The number of hydrogen-bond donors (Lipinski definition) is 1.